The number of ether oxygens (including phenoxy) is 1. The predicted molar refractivity (Wildman–Crippen MR) is 78.7 cm³/mol. The van der Waals surface area contributed by atoms with Gasteiger partial charge in [0, 0.05) is 16.2 Å². The average molecular weight is 340 g/mol. The smallest absolute Gasteiger partial charge is 0.137 e. The van der Waals surface area contributed by atoms with E-state index in [9.17, 15) is 4.39 Å². The molecule has 106 valence electrons. The molecule has 0 spiro atoms. The van der Waals surface area contributed by atoms with Crippen LogP contribution in [0.15, 0.2) is 41.1 Å². The molecule has 3 N–H and O–H groups in total. The lowest BCUT2D eigenvalue weighted by Gasteiger charge is -2.18. The molecule has 2 rings (SSSR count). The largest absolute Gasteiger partial charge is 0.492 e. The van der Waals surface area contributed by atoms with Gasteiger partial charge < -0.3 is 4.74 Å². The first-order valence-corrected chi connectivity index (χ1v) is 6.93. The van der Waals surface area contributed by atoms with Gasteiger partial charge >= 0.3 is 0 Å². The molecule has 0 saturated carbocycles. The maximum absolute atomic E-state index is 14.0. The summed E-state index contributed by atoms with van der Waals surface area (Å²) in [6.45, 7) is 2.43. The zero-order valence-corrected chi connectivity index (χ0v) is 12.5. The van der Waals surface area contributed by atoms with Crippen molar-refractivity contribution < 1.29 is 9.13 Å². The van der Waals surface area contributed by atoms with Gasteiger partial charge in [0.05, 0.1) is 18.8 Å². The minimum absolute atomic E-state index is 0.343. The van der Waals surface area contributed by atoms with E-state index in [1.165, 1.54) is 6.07 Å². The van der Waals surface area contributed by atoms with Gasteiger partial charge in [-0.1, -0.05) is 22.0 Å². The molecule has 4 nitrogen and oxygen atoms in total. The van der Waals surface area contributed by atoms with Crippen LogP contribution in [0.5, 0.6) is 5.75 Å². The van der Waals surface area contributed by atoms with Crippen molar-refractivity contribution in [3.8, 4) is 5.75 Å². The number of aromatic nitrogens is 1. The maximum Gasteiger partial charge on any atom is 0.137 e. The van der Waals surface area contributed by atoms with Crippen LogP contribution in [0.3, 0.4) is 0 Å². The zero-order chi connectivity index (χ0) is 14.5. The standard InChI is InChI=1S/C14H15BrFN3O/c1-2-20-11-5-9(7-18-8-11)14(19-17)12-4-3-10(15)6-13(12)16/h3-8,14,19H,2,17H2,1H3. The second kappa shape index (κ2) is 6.78. The number of nitrogens with zero attached hydrogens (tertiary/aromatic N) is 1. The lowest BCUT2D eigenvalue weighted by molar-refractivity contribution is 0.338. The molecule has 0 aliphatic carbocycles. The number of halogens is 2. The van der Waals surface area contributed by atoms with Crippen LogP contribution in [0.1, 0.15) is 24.1 Å². The van der Waals surface area contributed by atoms with Crippen LogP contribution in [0.2, 0.25) is 0 Å². The summed E-state index contributed by atoms with van der Waals surface area (Å²) in [5.74, 6) is 5.85. The van der Waals surface area contributed by atoms with Gasteiger partial charge in [-0.3, -0.25) is 10.8 Å². The highest BCUT2D eigenvalue weighted by Crippen LogP contribution is 2.27. The van der Waals surface area contributed by atoms with E-state index in [4.69, 9.17) is 10.6 Å². The van der Waals surface area contributed by atoms with Crippen molar-refractivity contribution in [3.63, 3.8) is 0 Å². The number of nitrogens with two attached hydrogens (primary N) is 1. The zero-order valence-electron chi connectivity index (χ0n) is 10.9. The topological polar surface area (TPSA) is 60.2 Å². The summed E-state index contributed by atoms with van der Waals surface area (Å²) in [6, 6.07) is 6.15. The van der Waals surface area contributed by atoms with Crippen molar-refractivity contribution in [3.05, 3.63) is 58.1 Å². The Balaban J connectivity index is 2.38. The number of pyridine rings is 1. The molecule has 0 aliphatic rings. The lowest BCUT2D eigenvalue weighted by Crippen LogP contribution is -2.29. The number of hydrogen-bond acceptors (Lipinski definition) is 4. The molecule has 1 atom stereocenters. The third-order valence-electron chi connectivity index (χ3n) is 2.82. The molecule has 1 aromatic heterocycles. The molecule has 1 unspecified atom stereocenters. The molecule has 0 radical (unpaired) electrons. The fraction of sp³-hybridized carbons (Fsp3) is 0.214. The van der Waals surface area contributed by atoms with Gasteiger partial charge in [-0.25, -0.2) is 9.82 Å². The van der Waals surface area contributed by atoms with Crippen LogP contribution in [0.25, 0.3) is 0 Å². The second-order valence-electron chi connectivity index (χ2n) is 4.15. The summed E-state index contributed by atoms with van der Waals surface area (Å²) in [6.07, 6.45) is 3.24. The van der Waals surface area contributed by atoms with E-state index in [0.29, 0.717) is 22.4 Å². The van der Waals surface area contributed by atoms with Crippen molar-refractivity contribution in [2.75, 3.05) is 6.61 Å². The SMILES string of the molecule is CCOc1cncc(C(NN)c2ccc(Br)cc2F)c1. The van der Waals surface area contributed by atoms with Gasteiger partial charge in [0.1, 0.15) is 11.6 Å². The van der Waals surface area contributed by atoms with Crippen LogP contribution in [-0.4, -0.2) is 11.6 Å². The number of nitrogens with one attached hydrogen (secondary N) is 1. The van der Waals surface area contributed by atoms with Gasteiger partial charge in [-0.15, -0.1) is 0 Å². The normalized spacial score (nSPS) is 12.2. The van der Waals surface area contributed by atoms with Gasteiger partial charge in [-0.2, -0.15) is 0 Å². The Bertz CT molecular complexity index is 594. The van der Waals surface area contributed by atoms with E-state index >= 15 is 0 Å². The Labute approximate surface area is 125 Å². The Hall–Kier alpha value is -1.50. The Morgan fingerprint density at radius 1 is 1.40 bits per heavy atom. The van der Waals surface area contributed by atoms with Gasteiger partial charge in [0.2, 0.25) is 0 Å². The average Bonchev–Trinajstić information content (AvgIpc) is 2.43. The maximum atomic E-state index is 14.0. The first-order valence-electron chi connectivity index (χ1n) is 6.14. The van der Waals surface area contributed by atoms with E-state index < -0.39 is 6.04 Å². The summed E-state index contributed by atoms with van der Waals surface area (Å²) in [7, 11) is 0. The minimum Gasteiger partial charge on any atom is -0.492 e. The first kappa shape index (κ1) is 14.9. The second-order valence-corrected chi connectivity index (χ2v) is 5.07. The lowest BCUT2D eigenvalue weighted by atomic mass is 10.0. The Morgan fingerprint density at radius 3 is 2.85 bits per heavy atom. The molecule has 20 heavy (non-hydrogen) atoms. The first-order chi connectivity index (χ1) is 9.65. The number of hydrazine groups is 1. The van der Waals surface area contributed by atoms with E-state index in [1.807, 2.05) is 6.92 Å². The van der Waals surface area contributed by atoms with E-state index in [2.05, 4.69) is 26.3 Å². The van der Waals surface area contributed by atoms with Crippen molar-refractivity contribution in [2.45, 2.75) is 13.0 Å². The van der Waals surface area contributed by atoms with Crippen LogP contribution in [-0.2, 0) is 0 Å². The number of hydrogen-bond donors (Lipinski definition) is 2. The van der Waals surface area contributed by atoms with Crippen LogP contribution in [0.4, 0.5) is 4.39 Å². The third kappa shape index (κ3) is 3.33. The highest BCUT2D eigenvalue weighted by molar-refractivity contribution is 9.10. The summed E-state index contributed by atoms with van der Waals surface area (Å²) in [5, 5.41) is 0. The fourth-order valence-corrected chi connectivity index (χ4v) is 2.27. The van der Waals surface area contributed by atoms with E-state index in [-0.39, 0.29) is 5.82 Å². The van der Waals surface area contributed by atoms with Crippen molar-refractivity contribution >= 4 is 15.9 Å². The Kier molecular flexibility index (Phi) is 5.05. The van der Waals surface area contributed by atoms with E-state index in [1.54, 1.807) is 30.6 Å². The van der Waals surface area contributed by atoms with Gasteiger partial charge in [0.25, 0.3) is 0 Å². The van der Waals surface area contributed by atoms with Crippen molar-refractivity contribution in [2.24, 2.45) is 5.84 Å². The monoisotopic (exact) mass is 339 g/mol. The van der Waals surface area contributed by atoms with Crippen LogP contribution in [0, 0.1) is 5.82 Å². The highest BCUT2D eigenvalue weighted by atomic mass is 79.9. The Morgan fingerprint density at radius 2 is 2.20 bits per heavy atom. The van der Waals surface area contributed by atoms with Crippen LogP contribution >= 0.6 is 15.9 Å². The molecular formula is C14H15BrFN3O. The molecule has 0 amide bonds. The predicted octanol–water partition coefficient (Wildman–Crippen LogP) is 2.93. The summed E-state index contributed by atoms with van der Waals surface area (Å²) >= 11 is 3.23. The molecule has 1 heterocycles. The van der Waals surface area contributed by atoms with Gasteiger partial charge in [-0.05, 0) is 30.7 Å². The molecule has 0 saturated heterocycles. The van der Waals surface area contributed by atoms with Crippen LogP contribution < -0.4 is 16.0 Å². The van der Waals surface area contributed by atoms with Crippen molar-refractivity contribution in [1.82, 2.24) is 10.4 Å². The quantitative estimate of drug-likeness (QED) is 0.649. The highest BCUT2D eigenvalue weighted by Gasteiger charge is 2.17. The molecule has 6 heteroatoms. The van der Waals surface area contributed by atoms with Gasteiger partial charge in [0.15, 0.2) is 0 Å². The molecule has 0 bridgehead atoms. The minimum atomic E-state index is -0.490. The third-order valence-corrected chi connectivity index (χ3v) is 3.31. The molecule has 1 aromatic carbocycles. The number of rotatable bonds is 5. The molecular weight excluding hydrogens is 325 g/mol. The summed E-state index contributed by atoms with van der Waals surface area (Å²) < 4.78 is 20.1. The summed E-state index contributed by atoms with van der Waals surface area (Å²) in [4.78, 5) is 4.09. The molecule has 0 fully saturated rings. The summed E-state index contributed by atoms with van der Waals surface area (Å²) in [5.41, 5.74) is 3.80. The van der Waals surface area contributed by atoms with E-state index in [0.717, 1.165) is 5.56 Å². The van der Waals surface area contributed by atoms with Crippen molar-refractivity contribution in [1.29, 1.82) is 0 Å². The molecule has 2 aromatic rings. The number of benzene rings is 1. The molecule has 0 aliphatic heterocycles. The fourth-order valence-electron chi connectivity index (χ4n) is 1.94.